The van der Waals surface area contributed by atoms with Crippen LogP contribution < -0.4 is 10.5 Å². The van der Waals surface area contributed by atoms with Gasteiger partial charge in [-0.25, -0.2) is 0 Å². The van der Waals surface area contributed by atoms with Gasteiger partial charge in [0.15, 0.2) is 0 Å². The molecule has 21 heavy (non-hydrogen) atoms. The van der Waals surface area contributed by atoms with Crippen LogP contribution in [0, 0.1) is 6.92 Å². The predicted octanol–water partition coefficient (Wildman–Crippen LogP) is 2.10. The molecule has 0 spiro atoms. The first-order valence-corrected chi connectivity index (χ1v) is 6.74. The van der Waals surface area contributed by atoms with E-state index in [1.54, 1.807) is 7.11 Å². The zero-order valence-corrected chi connectivity index (χ0v) is 12.1. The molecule has 2 N–H and O–H groups in total. The molecule has 110 valence electrons. The van der Waals surface area contributed by atoms with E-state index in [1.165, 1.54) is 0 Å². The number of hydrogen-bond donors (Lipinski definition) is 1. The molecule has 0 aliphatic heterocycles. The Balaban J connectivity index is 2.43. The predicted molar refractivity (Wildman–Crippen MR) is 80.3 cm³/mol. The van der Waals surface area contributed by atoms with Crippen LogP contribution in [0.25, 0.3) is 10.9 Å². The molecular weight excluding hydrogens is 268 g/mol. The fourth-order valence-electron chi connectivity index (χ4n) is 2.36. The molecule has 2 rings (SSSR count). The topological polar surface area (TPSA) is 82.3 Å². The lowest BCUT2D eigenvalue weighted by molar-refractivity contribution is -0.118. The normalized spacial score (nSPS) is 12.1. The summed E-state index contributed by atoms with van der Waals surface area (Å²) >= 11 is 0. The average Bonchev–Trinajstić information content (AvgIpc) is 2.47. The Hall–Kier alpha value is -2.43. The van der Waals surface area contributed by atoms with Gasteiger partial charge in [-0.05, 0) is 43.2 Å². The number of amides is 1. The second kappa shape index (κ2) is 6.35. The lowest BCUT2D eigenvalue weighted by Gasteiger charge is -2.14. The molecule has 1 aromatic carbocycles. The fraction of sp³-hybridized carbons (Fsp3) is 0.312. The van der Waals surface area contributed by atoms with Crippen molar-refractivity contribution in [3.63, 3.8) is 0 Å². The number of aromatic nitrogens is 1. The van der Waals surface area contributed by atoms with Gasteiger partial charge >= 0.3 is 0 Å². The molecule has 0 aliphatic carbocycles. The Labute approximate surface area is 123 Å². The van der Waals surface area contributed by atoms with Crippen LogP contribution in [-0.4, -0.2) is 24.3 Å². The molecule has 0 saturated carbocycles. The summed E-state index contributed by atoms with van der Waals surface area (Å²) in [7, 11) is 1.60. The Morgan fingerprint density at radius 1 is 1.43 bits per heavy atom. The van der Waals surface area contributed by atoms with Crippen molar-refractivity contribution in [2.24, 2.45) is 5.73 Å². The van der Waals surface area contributed by atoms with Crippen LogP contribution in [0.4, 0.5) is 0 Å². The summed E-state index contributed by atoms with van der Waals surface area (Å²) in [5, 5.41) is 0.904. The second-order valence-electron chi connectivity index (χ2n) is 4.97. The number of methoxy groups -OCH3 is 1. The van der Waals surface area contributed by atoms with Gasteiger partial charge in [-0.3, -0.25) is 9.78 Å². The molecule has 2 aromatic rings. The molecular formula is C16H18N2O3. The Kier molecular flexibility index (Phi) is 4.52. The quantitative estimate of drug-likeness (QED) is 0.824. The largest absolute Gasteiger partial charge is 0.497 e. The maximum Gasteiger partial charge on any atom is 0.217 e. The summed E-state index contributed by atoms with van der Waals surface area (Å²) in [4.78, 5) is 26.7. The standard InChI is InChI=1S/C16H18N2O3/c1-10-14(11(9-19)3-6-16(17)20)8-12-7-13(21-2)4-5-15(12)18-10/h4-5,7-9,11H,3,6H2,1-2H3,(H2,17,20). The average molecular weight is 286 g/mol. The van der Waals surface area contributed by atoms with Gasteiger partial charge in [-0.1, -0.05) is 0 Å². The van der Waals surface area contributed by atoms with E-state index in [-0.39, 0.29) is 12.3 Å². The van der Waals surface area contributed by atoms with Crippen LogP contribution in [0.3, 0.4) is 0 Å². The van der Waals surface area contributed by atoms with E-state index in [9.17, 15) is 9.59 Å². The number of carbonyl (C=O) groups excluding carboxylic acids is 2. The molecule has 5 nitrogen and oxygen atoms in total. The van der Waals surface area contributed by atoms with Crippen molar-refractivity contribution in [3.05, 3.63) is 35.5 Å². The van der Waals surface area contributed by atoms with Crippen LogP contribution >= 0.6 is 0 Å². The summed E-state index contributed by atoms with van der Waals surface area (Å²) in [6.45, 7) is 1.86. The van der Waals surface area contributed by atoms with E-state index in [2.05, 4.69) is 4.98 Å². The molecule has 1 amide bonds. The maximum absolute atomic E-state index is 11.3. The van der Waals surface area contributed by atoms with Crippen molar-refractivity contribution >= 4 is 23.1 Å². The fourth-order valence-corrected chi connectivity index (χ4v) is 2.36. The number of ether oxygens (including phenoxy) is 1. The third-order valence-corrected chi connectivity index (χ3v) is 3.52. The van der Waals surface area contributed by atoms with Gasteiger partial charge in [0.05, 0.1) is 12.6 Å². The minimum absolute atomic E-state index is 0.180. The summed E-state index contributed by atoms with van der Waals surface area (Å²) in [6.07, 6.45) is 1.43. The highest BCUT2D eigenvalue weighted by Crippen LogP contribution is 2.27. The number of nitrogens with zero attached hydrogens (tertiary/aromatic N) is 1. The number of rotatable bonds is 6. The lowest BCUT2D eigenvalue weighted by atomic mass is 9.93. The third-order valence-electron chi connectivity index (χ3n) is 3.52. The lowest BCUT2D eigenvalue weighted by Crippen LogP contribution is -2.13. The molecule has 0 bridgehead atoms. The Bertz CT molecular complexity index is 683. The van der Waals surface area contributed by atoms with Crippen LogP contribution in [0.15, 0.2) is 24.3 Å². The number of primary amides is 1. The van der Waals surface area contributed by atoms with E-state index < -0.39 is 5.91 Å². The maximum atomic E-state index is 11.3. The molecule has 5 heteroatoms. The summed E-state index contributed by atoms with van der Waals surface area (Å²) in [5.41, 5.74) is 7.61. The number of aldehydes is 1. The number of hydrogen-bond acceptors (Lipinski definition) is 4. The number of benzene rings is 1. The van der Waals surface area contributed by atoms with E-state index >= 15 is 0 Å². The van der Waals surface area contributed by atoms with Gasteiger partial charge in [-0.15, -0.1) is 0 Å². The van der Waals surface area contributed by atoms with Crippen molar-refractivity contribution in [1.82, 2.24) is 4.98 Å². The summed E-state index contributed by atoms with van der Waals surface area (Å²) < 4.78 is 5.20. The molecule has 0 radical (unpaired) electrons. The van der Waals surface area contributed by atoms with E-state index in [0.29, 0.717) is 6.42 Å². The second-order valence-corrected chi connectivity index (χ2v) is 4.97. The highest BCUT2D eigenvalue weighted by molar-refractivity contribution is 5.82. The molecule has 1 aromatic heterocycles. The van der Waals surface area contributed by atoms with E-state index in [4.69, 9.17) is 10.5 Å². The monoisotopic (exact) mass is 286 g/mol. The molecule has 0 fully saturated rings. The minimum Gasteiger partial charge on any atom is -0.497 e. The zero-order chi connectivity index (χ0) is 15.4. The van der Waals surface area contributed by atoms with Crippen molar-refractivity contribution in [2.75, 3.05) is 7.11 Å². The van der Waals surface area contributed by atoms with Crippen molar-refractivity contribution in [3.8, 4) is 5.75 Å². The van der Waals surface area contributed by atoms with Gasteiger partial charge in [0.2, 0.25) is 5.91 Å². The van der Waals surface area contributed by atoms with Crippen LogP contribution in [-0.2, 0) is 9.59 Å². The molecule has 1 heterocycles. The first-order chi connectivity index (χ1) is 10.0. The molecule has 1 atom stereocenters. The molecule has 1 unspecified atom stereocenters. The van der Waals surface area contributed by atoms with Crippen LogP contribution in [0.1, 0.15) is 30.0 Å². The number of aryl methyl sites for hydroxylation is 1. The number of nitrogens with two attached hydrogens (primary N) is 1. The number of fused-ring (bicyclic) bond motifs is 1. The van der Waals surface area contributed by atoms with E-state index in [1.807, 2.05) is 31.2 Å². The number of carbonyl (C=O) groups is 2. The molecule has 0 saturated heterocycles. The summed E-state index contributed by atoms with van der Waals surface area (Å²) in [5.74, 6) is -0.0468. The van der Waals surface area contributed by atoms with Crippen molar-refractivity contribution < 1.29 is 14.3 Å². The van der Waals surface area contributed by atoms with Gasteiger partial charge < -0.3 is 15.3 Å². The molecule has 0 aliphatic rings. The van der Waals surface area contributed by atoms with Crippen molar-refractivity contribution in [1.29, 1.82) is 0 Å². The van der Waals surface area contributed by atoms with Crippen LogP contribution in [0.5, 0.6) is 5.75 Å². The third kappa shape index (κ3) is 3.37. The Morgan fingerprint density at radius 3 is 2.81 bits per heavy atom. The SMILES string of the molecule is COc1ccc2nc(C)c(C(C=O)CCC(N)=O)cc2c1. The first kappa shape index (κ1) is 15.0. The highest BCUT2D eigenvalue weighted by Gasteiger charge is 2.16. The smallest absolute Gasteiger partial charge is 0.217 e. The van der Waals surface area contributed by atoms with E-state index in [0.717, 1.165) is 34.2 Å². The van der Waals surface area contributed by atoms with Gasteiger partial charge in [0.25, 0.3) is 0 Å². The van der Waals surface area contributed by atoms with Gasteiger partial charge in [0, 0.05) is 23.4 Å². The first-order valence-electron chi connectivity index (χ1n) is 6.74. The highest BCUT2D eigenvalue weighted by atomic mass is 16.5. The van der Waals surface area contributed by atoms with Gasteiger partial charge in [0.1, 0.15) is 12.0 Å². The Morgan fingerprint density at radius 2 is 2.19 bits per heavy atom. The minimum atomic E-state index is -0.407. The van der Waals surface area contributed by atoms with Gasteiger partial charge in [-0.2, -0.15) is 0 Å². The number of pyridine rings is 1. The zero-order valence-electron chi connectivity index (χ0n) is 12.1. The van der Waals surface area contributed by atoms with Crippen LogP contribution in [0.2, 0.25) is 0 Å². The summed E-state index contributed by atoms with van der Waals surface area (Å²) in [6, 6.07) is 7.53. The van der Waals surface area contributed by atoms with Crippen molar-refractivity contribution in [2.45, 2.75) is 25.7 Å².